The molecule has 2 N–H and O–H groups in total. The second-order valence-corrected chi connectivity index (χ2v) is 5.90. The highest BCUT2D eigenvalue weighted by Crippen LogP contribution is 2.35. The number of nitrogens with two attached hydrogens (primary N) is 1. The lowest BCUT2D eigenvalue weighted by atomic mass is 10.0. The Kier molecular flexibility index (Phi) is 3.68. The van der Waals surface area contributed by atoms with Crippen LogP contribution in [0.15, 0.2) is 51.9 Å². The van der Waals surface area contributed by atoms with Gasteiger partial charge >= 0.3 is 0 Å². The van der Waals surface area contributed by atoms with Gasteiger partial charge in [-0.15, -0.1) is 0 Å². The molecule has 1 unspecified atom stereocenters. The number of hydrogen-bond donors (Lipinski definition) is 1. The normalized spacial score (nSPS) is 18.0. The number of benzene rings is 2. The standard InChI is InChI=1S/C16H15BrFN3/c1-10-6-7-11(8-13(10)18)15-9-20-16(19)21(15)14-5-3-2-4-12(14)17/h2-8,15H,9H2,1H3,(H2,19,20). The molecule has 0 amide bonds. The zero-order chi connectivity index (χ0) is 15.0. The van der Waals surface area contributed by atoms with Crippen LogP contribution in [0.3, 0.4) is 0 Å². The van der Waals surface area contributed by atoms with Crippen LogP contribution in [0.4, 0.5) is 10.1 Å². The number of hydrogen-bond acceptors (Lipinski definition) is 3. The smallest absolute Gasteiger partial charge is 0.196 e. The van der Waals surface area contributed by atoms with Gasteiger partial charge in [-0.3, -0.25) is 4.99 Å². The van der Waals surface area contributed by atoms with Gasteiger partial charge in [0.2, 0.25) is 0 Å². The summed E-state index contributed by atoms with van der Waals surface area (Å²) in [5.74, 6) is 0.248. The quantitative estimate of drug-likeness (QED) is 0.898. The Hall–Kier alpha value is -1.88. The molecule has 0 radical (unpaired) electrons. The molecule has 0 saturated heterocycles. The fourth-order valence-electron chi connectivity index (χ4n) is 2.51. The fourth-order valence-corrected chi connectivity index (χ4v) is 2.98. The molecule has 108 valence electrons. The highest BCUT2D eigenvalue weighted by atomic mass is 79.9. The summed E-state index contributed by atoms with van der Waals surface area (Å²) in [5, 5.41) is 0. The summed E-state index contributed by atoms with van der Waals surface area (Å²) < 4.78 is 14.8. The average molecular weight is 348 g/mol. The summed E-state index contributed by atoms with van der Waals surface area (Å²) in [5.41, 5.74) is 8.48. The maximum absolute atomic E-state index is 13.8. The first kappa shape index (κ1) is 14.1. The molecule has 21 heavy (non-hydrogen) atoms. The van der Waals surface area contributed by atoms with Crippen molar-refractivity contribution in [2.75, 3.05) is 11.4 Å². The zero-order valence-electron chi connectivity index (χ0n) is 11.6. The molecule has 1 heterocycles. The molecule has 0 bridgehead atoms. The third-order valence-corrected chi connectivity index (χ3v) is 4.35. The number of para-hydroxylation sites is 1. The van der Waals surface area contributed by atoms with Crippen molar-refractivity contribution in [2.45, 2.75) is 13.0 Å². The first-order chi connectivity index (χ1) is 10.1. The van der Waals surface area contributed by atoms with Crippen molar-refractivity contribution < 1.29 is 4.39 Å². The summed E-state index contributed by atoms with van der Waals surface area (Å²) in [4.78, 5) is 6.26. The van der Waals surface area contributed by atoms with Crippen molar-refractivity contribution in [1.82, 2.24) is 0 Å². The fraction of sp³-hybridized carbons (Fsp3) is 0.188. The highest BCUT2D eigenvalue weighted by Gasteiger charge is 2.30. The molecule has 2 aromatic rings. The third kappa shape index (κ3) is 2.53. The van der Waals surface area contributed by atoms with Gasteiger partial charge in [0.25, 0.3) is 0 Å². The van der Waals surface area contributed by atoms with Crippen molar-refractivity contribution in [3.8, 4) is 0 Å². The predicted octanol–water partition coefficient (Wildman–Crippen LogP) is 3.77. The van der Waals surface area contributed by atoms with E-state index in [1.807, 2.05) is 35.2 Å². The average Bonchev–Trinajstić information content (AvgIpc) is 2.84. The maximum Gasteiger partial charge on any atom is 0.196 e. The van der Waals surface area contributed by atoms with Crippen LogP contribution >= 0.6 is 15.9 Å². The van der Waals surface area contributed by atoms with Gasteiger partial charge in [-0.25, -0.2) is 4.39 Å². The van der Waals surface area contributed by atoms with Crippen molar-refractivity contribution in [3.05, 3.63) is 63.9 Å². The lowest BCUT2D eigenvalue weighted by Gasteiger charge is -2.27. The van der Waals surface area contributed by atoms with Crippen LogP contribution in [-0.4, -0.2) is 12.5 Å². The second kappa shape index (κ2) is 5.48. The lowest BCUT2D eigenvalue weighted by molar-refractivity contribution is 0.612. The number of anilines is 1. The van der Waals surface area contributed by atoms with E-state index in [9.17, 15) is 4.39 Å². The minimum absolute atomic E-state index is 0.0844. The molecular formula is C16H15BrFN3. The Morgan fingerprint density at radius 2 is 2.05 bits per heavy atom. The molecule has 2 aromatic carbocycles. The molecule has 1 aliphatic rings. The van der Waals surface area contributed by atoms with Crippen LogP contribution in [0.2, 0.25) is 0 Å². The van der Waals surface area contributed by atoms with E-state index in [2.05, 4.69) is 20.9 Å². The predicted molar refractivity (Wildman–Crippen MR) is 87.0 cm³/mol. The number of guanidine groups is 1. The van der Waals surface area contributed by atoms with Crippen LogP contribution in [0.25, 0.3) is 0 Å². The molecule has 0 aromatic heterocycles. The van der Waals surface area contributed by atoms with E-state index in [1.165, 1.54) is 0 Å². The van der Waals surface area contributed by atoms with Gasteiger partial charge in [0.15, 0.2) is 5.96 Å². The molecule has 0 fully saturated rings. The van der Waals surface area contributed by atoms with E-state index >= 15 is 0 Å². The Labute approximate surface area is 131 Å². The van der Waals surface area contributed by atoms with Crippen LogP contribution in [0.5, 0.6) is 0 Å². The van der Waals surface area contributed by atoms with Crippen LogP contribution in [-0.2, 0) is 0 Å². The third-order valence-electron chi connectivity index (χ3n) is 3.68. The van der Waals surface area contributed by atoms with Crippen molar-refractivity contribution in [2.24, 2.45) is 10.7 Å². The largest absolute Gasteiger partial charge is 0.369 e. The second-order valence-electron chi connectivity index (χ2n) is 5.04. The lowest BCUT2D eigenvalue weighted by Crippen LogP contribution is -2.36. The van der Waals surface area contributed by atoms with E-state index in [0.717, 1.165) is 15.7 Å². The van der Waals surface area contributed by atoms with Crippen molar-refractivity contribution in [3.63, 3.8) is 0 Å². The van der Waals surface area contributed by atoms with E-state index in [0.29, 0.717) is 18.1 Å². The molecule has 1 aliphatic heterocycles. The number of nitrogens with zero attached hydrogens (tertiary/aromatic N) is 2. The first-order valence-corrected chi connectivity index (χ1v) is 7.47. The summed E-state index contributed by atoms with van der Waals surface area (Å²) in [6, 6.07) is 13.0. The summed E-state index contributed by atoms with van der Waals surface area (Å²) in [6.45, 7) is 2.28. The van der Waals surface area contributed by atoms with Gasteiger partial charge in [-0.05, 0) is 52.2 Å². The van der Waals surface area contributed by atoms with Gasteiger partial charge in [-0.1, -0.05) is 24.3 Å². The minimum atomic E-state index is -0.204. The van der Waals surface area contributed by atoms with Crippen LogP contribution in [0.1, 0.15) is 17.2 Å². The maximum atomic E-state index is 13.8. The topological polar surface area (TPSA) is 41.6 Å². The summed E-state index contributed by atoms with van der Waals surface area (Å²) >= 11 is 3.53. The summed E-state index contributed by atoms with van der Waals surface area (Å²) in [6.07, 6.45) is 0. The van der Waals surface area contributed by atoms with E-state index in [-0.39, 0.29) is 11.9 Å². The van der Waals surface area contributed by atoms with Gasteiger partial charge in [-0.2, -0.15) is 0 Å². The molecule has 1 atom stereocenters. The Balaban J connectivity index is 2.03. The van der Waals surface area contributed by atoms with E-state index in [1.54, 1.807) is 19.1 Å². The zero-order valence-corrected chi connectivity index (χ0v) is 13.1. The monoisotopic (exact) mass is 347 g/mol. The number of rotatable bonds is 2. The first-order valence-electron chi connectivity index (χ1n) is 6.67. The highest BCUT2D eigenvalue weighted by molar-refractivity contribution is 9.10. The Bertz CT molecular complexity index is 714. The molecular weight excluding hydrogens is 333 g/mol. The van der Waals surface area contributed by atoms with Gasteiger partial charge < -0.3 is 10.6 Å². The van der Waals surface area contributed by atoms with Crippen molar-refractivity contribution >= 4 is 27.6 Å². The Morgan fingerprint density at radius 1 is 1.29 bits per heavy atom. The van der Waals surface area contributed by atoms with Gasteiger partial charge in [0, 0.05) is 4.47 Å². The summed E-state index contributed by atoms with van der Waals surface area (Å²) in [7, 11) is 0. The number of aryl methyl sites for hydroxylation is 1. The molecule has 5 heteroatoms. The molecule has 0 spiro atoms. The molecule has 0 aliphatic carbocycles. The minimum Gasteiger partial charge on any atom is -0.369 e. The van der Waals surface area contributed by atoms with Gasteiger partial charge in [0.1, 0.15) is 5.82 Å². The van der Waals surface area contributed by atoms with E-state index in [4.69, 9.17) is 5.73 Å². The van der Waals surface area contributed by atoms with Crippen molar-refractivity contribution in [1.29, 1.82) is 0 Å². The van der Waals surface area contributed by atoms with E-state index < -0.39 is 0 Å². The SMILES string of the molecule is Cc1ccc(C2CN=C(N)N2c2ccccc2Br)cc1F. The molecule has 0 saturated carbocycles. The van der Waals surface area contributed by atoms with Gasteiger partial charge in [0.05, 0.1) is 18.3 Å². The number of aliphatic imine (C=N–C) groups is 1. The van der Waals surface area contributed by atoms with Crippen LogP contribution in [0, 0.1) is 12.7 Å². The molecule has 3 nitrogen and oxygen atoms in total. The number of halogens is 2. The Morgan fingerprint density at radius 3 is 2.76 bits per heavy atom. The van der Waals surface area contributed by atoms with Crippen LogP contribution < -0.4 is 10.6 Å². The molecule has 3 rings (SSSR count).